The number of imide groups is 1. The van der Waals surface area contributed by atoms with Gasteiger partial charge in [-0.05, 0) is 44.9 Å². The Morgan fingerprint density at radius 2 is 1.38 bits per heavy atom. The van der Waals surface area contributed by atoms with Crippen molar-refractivity contribution >= 4 is 34.2 Å². The Bertz CT molecular complexity index is 1230. The molecule has 176 valence electrons. The molecule has 3 aromatic carbocycles. The van der Waals surface area contributed by atoms with Gasteiger partial charge in [0.05, 0.1) is 43.1 Å². The molecule has 0 fully saturated rings. The molecule has 0 unspecified atom stereocenters. The molecule has 0 saturated heterocycles. The van der Waals surface area contributed by atoms with Crippen molar-refractivity contribution in [3.8, 4) is 11.5 Å². The molecule has 0 atom stereocenters. The highest BCUT2D eigenvalue weighted by atomic mass is 16.5. The Kier molecular flexibility index (Phi) is 6.54. The second kappa shape index (κ2) is 9.55. The summed E-state index contributed by atoms with van der Waals surface area (Å²) in [6, 6.07) is 12.6. The van der Waals surface area contributed by atoms with E-state index in [1.54, 1.807) is 32.0 Å². The first-order valence-corrected chi connectivity index (χ1v) is 11.4. The third kappa shape index (κ3) is 3.87. The van der Waals surface area contributed by atoms with Gasteiger partial charge in [0, 0.05) is 10.8 Å². The first-order valence-electron chi connectivity index (χ1n) is 11.4. The van der Waals surface area contributed by atoms with Crippen molar-refractivity contribution in [1.82, 2.24) is 0 Å². The minimum absolute atomic E-state index is 0.117. The average molecular weight is 462 g/mol. The second-order valence-corrected chi connectivity index (χ2v) is 7.87. The van der Waals surface area contributed by atoms with E-state index in [2.05, 4.69) is 0 Å². The fourth-order valence-corrected chi connectivity index (χ4v) is 4.36. The lowest BCUT2D eigenvalue weighted by Crippen LogP contribution is -2.30. The Balaban J connectivity index is 1.85. The predicted octanol–water partition coefficient (Wildman–Crippen LogP) is 4.85. The second-order valence-electron chi connectivity index (χ2n) is 7.87. The summed E-state index contributed by atoms with van der Waals surface area (Å²) in [6.45, 7) is 8.22. The summed E-state index contributed by atoms with van der Waals surface area (Å²) in [7, 11) is 0. The maximum Gasteiger partial charge on any atom is 0.310 e. The molecule has 7 nitrogen and oxygen atoms in total. The molecule has 1 aliphatic rings. The summed E-state index contributed by atoms with van der Waals surface area (Å²) < 4.78 is 16.8. The van der Waals surface area contributed by atoms with Gasteiger partial charge in [0.1, 0.15) is 11.5 Å². The van der Waals surface area contributed by atoms with Gasteiger partial charge in [0.2, 0.25) is 0 Å². The molecule has 0 bridgehead atoms. The van der Waals surface area contributed by atoms with Gasteiger partial charge in [-0.15, -0.1) is 0 Å². The number of fused-ring (bicyclic) bond motifs is 2. The zero-order valence-electron chi connectivity index (χ0n) is 19.8. The zero-order valence-corrected chi connectivity index (χ0v) is 19.8. The van der Waals surface area contributed by atoms with E-state index in [-0.39, 0.29) is 23.5 Å². The van der Waals surface area contributed by atoms with Crippen LogP contribution in [0.1, 0.15) is 52.6 Å². The van der Waals surface area contributed by atoms with Crippen LogP contribution in [0.25, 0.3) is 10.8 Å². The Morgan fingerprint density at radius 3 is 1.85 bits per heavy atom. The molecule has 4 rings (SSSR count). The zero-order chi connectivity index (χ0) is 24.4. The number of hydrogen-bond acceptors (Lipinski definition) is 6. The van der Waals surface area contributed by atoms with Crippen LogP contribution in [0.3, 0.4) is 0 Å². The van der Waals surface area contributed by atoms with Gasteiger partial charge in [-0.25, -0.2) is 4.90 Å². The van der Waals surface area contributed by atoms with Crippen LogP contribution in [0.15, 0.2) is 42.5 Å². The SMILES string of the molecule is CCOC(=O)Cc1ccc(N2C(=O)c3c(c(OCC)c4ccccc4c3OCC)C2=O)c(C)c1. The van der Waals surface area contributed by atoms with Crippen LogP contribution in [-0.4, -0.2) is 37.6 Å². The summed E-state index contributed by atoms with van der Waals surface area (Å²) >= 11 is 0. The molecular formula is C27H27NO6. The maximum atomic E-state index is 13.7. The first-order chi connectivity index (χ1) is 16.4. The fourth-order valence-electron chi connectivity index (χ4n) is 4.36. The molecule has 0 aromatic heterocycles. The molecule has 1 aliphatic heterocycles. The third-order valence-corrected chi connectivity index (χ3v) is 5.69. The molecule has 1 heterocycles. The predicted molar refractivity (Wildman–Crippen MR) is 129 cm³/mol. The van der Waals surface area contributed by atoms with Gasteiger partial charge in [-0.3, -0.25) is 14.4 Å². The van der Waals surface area contributed by atoms with Crippen LogP contribution in [-0.2, 0) is 16.0 Å². The lowest BCUT2D eigenvalue weighted by molar-refractivity contribution is -0.142. The van der Waals surface area contributed by atoms with Crippen molar-refractivity contribution in [3.05, 3.63) is 64.7 Å². The van der Waals surface area contributed by atoms with Crippen molar-refractivity contribution < 1.29 is 28.6 Å². The number of benzene rings is 3. The largest absolute Gasteiger partial charge is 0.492 e. The Hall–Kier alpha value is -3.87. The van der Waals surface area contributed by atoms with E-state index in [0.717, 1.165) is 21.2 Å². The van der Waals surface area contributed by atoms with Crippen molar-refractivity contribution in [3.63, 3.8) is 0 Å². The summed E-state index contributed by atoms with van der Waals surface area (Å²) in [5.41, 5.74) is 2.31. The molecule has 0 saturated carbocycles. The number of carbonyl (C=O) groups excluding carboxylic acids is 3. The molecular weight excluding hydrogens is 434 g/mol. The highest BCUT2D eigenvalue weighted by Gasteiger charge is 2.44. The summed E-state index contributed by atoms with van der Waals surface area (Å²) in [5.74, 6) is -0.486. The van der Waals surface area contributed by atoms with Crippen LogP contribution >= 0.6 is 0 Å². The van der Waals surface area contributed by atoms with Crippen LogP contribution < -0.4 is 14.4 Å². The van der Waals surface area contributed by atoms with Crippen LogP contribution in [0, 0.1) is 6.92 Å². The highest BCUT2D eigenvalue weighted by Crippen LogP contribution is 2.46. The van der Waals surface area contributed by atoms with Gasteiger partial charge >= 0.3 is 5.97 Å². The van der Waals surface area contributed by atoms with Gasteiger partial charge < -0.3 is 14.2 Å². The topological polar surface area (TPSA) is 82.1 Å². The maximum absolute atomic E-state index is 13.7. The van der Waals surface area contributed by atoms with Crippen molar-refractivity contribution in [2.24, 2.45) is 0 Å². The quantitative estimate of drug-likeness (QED) is 0.352. The van der Waals surface area contributed by atoms with E-state index in [4.69, 9.17) is 14.2 Å². The molecule has 0 radical (unpaired) electrons. The fraction of sp³-hybridized carbons (Fsp3) is 0.296. The normalized spacial score (nSPS) is 12.8. The van der Waals surface area contributed by atoms with E-state index in [0.29, 0.717) is 42.6 Å². The van der Waals surface area contributed by atoms with E-state index in [1.165, 1.54) is 0 Å². The minimum atomic E-state index is -0.462. The molecule has 34 heavy (non-hydrogen) atoms. The number of anilines is 1. The monoisotopic (exact) mass is 461 g/mol. The van der Waals surface area contributed by atoms with Crippen LogP contribution in [0.5, 0.6) is 11.5 Å². The highest BCUT2D eigenvalue weighted by molar-refractivity contribution is 6.38. The third-order valence-electron chi connectivity index (χ3n) is 5.69. The number of amides is 2. The number of carbonyl (C=O) groups is 3. The number of aryl methyl sites for hydroxylation is 1. The standard InChI is InChI=1S/C27H27NO6/c1-5-32-21(29)15-17-12-13-20(16(4)14-17)28-26(30)22-23(27(28)31)25(34-7-3)19-11-9-8-10-18(19)24(22)33-6-2/h8-14H,5-7,15H2,1-4H3. The summed E-state index contributed by atoms with van der Waals surface area (Å²) in [6.07, 6.45) is 0.117. The van der Waals surface area contributed by atoms with E-state index in [1.807, 2.05) is 38.1 Å². The summed E-state index contributed by atoms with van der Waals surface area (Å²) in [5, 5.41) is 1.44. The Labute approximate surface area is 198 Å². The van der Waals surface area contributed by atoms with Crippen molar-refractivity contribution in [2.45, 2.75) is 34.1 Å². The molecule has 0 aliphatic carbocycles. The molecule has 0 spiro atoms. The molecule has 7 heteroatoms. The number of esters is 1. The van der Waals surface area contributed by atoms with E-state index in [9.17, 15) is 14.4 Å². The lowest BCUT2D eigenvalue weighted by Gasteiger charge is -2.17. The summed E-state index contributed by atoms with van der Waals surface area (Å²) in [4.78, 5) is 40.4. The average Bonchev–Trinajstić information content (AvgIpc) is 3.06. The number of ether oxygens (including phenoxy) is 3. The Morgan fingerprint density at radius 1 is 0.824 bits per heavy atom. The van der Waals surface area contributed by atoms with Gasteiger partial charge in [0.15, 0.2) is 0 Å². The first kappa shape index (κ1) is 23.3. The smallest absolute Gasteiger partial charge is 0.310 e. The molecule has 0 N–H and O–H groups in total. The van der Waals surface area contributed by atoms with E-state index >= 15 is 0 Å². The van der Waals surface area contributed by atoms with Crippen LogP contribution in [0.4, 0.5) is 5.69 Å². The van der Waals surface area contributed by atoms with Gasteiger partial charge in [-0.2, -0.15) is 0 Å². The minimum Gasteiger partial charge on any atom is -0.492 e. The van der Waals surface area contributed by atoms with Crippen LogP contribution in [0.2, 0.25) is 0 Å². The number of hydrogen-bond donors (Lipinski definition) is 0. The number of nitrogens with zero attached hydrogens (tertiary/aromatic N) is 1. The van der Waals surface area contributed by atoms with Crippen molar-refractivity contribution in [1.29, 1.82) is 0 Å². The van der Waals surface area contributed by atoms with Gasteiger partial charge in [0.25, 0.3) is 11.8 Å². The van der Waals surface area contributed by atoms with Crippen molar-refractivity contribution in [2.75, 3.05) is 24.7 Å². The van der Waals surface area contributed by atoms with Gasteiger partial charge in [-0.1, -0.05) is 36.4 Å². The molecule has 2 amide bonds. The number of rotatable bonds is 8. The molecule has 3 aromatic rings. The lowest BCUT2D eigenvalue weighted by atomic mass is 9.99. The van der Waals surface area contributed by atoms with E-state index < -0.39 is 11.8 Å².